The molecule has 0 aromatic heterocycles. The lowest BCUT2D eigenvalue weighted by Crippen LogP contribution is -2.12. The van der Waals surface area contributed by atoms with Crippen molar-refractivity contribution in [1.29, 1.82) is 0 Å². The normalized spacial score (nSPS) is 11.4. The van der Waals surface area contributed by atoms with E-state index < -0.39 is 5.97 Å². The lowest BCUT2D eigenvalue weighted by Gasteiger charge is -2.18. The van der Waals surface area contributed by atoms with Crippen LogP contribution in [0.1, 0.15) is 52.6 Å². The highest BCUT2D eigenvalue weighted by Gasteiger charge is 2.15. The number of rotatable bonds is 5. The first-order valence-corrected chi connectivity index (χ1v) is 9.53. The van der Waals surface area contributed by atoms with E-state index in [4.69, 9.17) is 4.74 Å². The quantitative estimate of drug-likeness (QED) is 0.231. The SMILES string of the molecule is CC(C)(C)c1ccc(C(=O)Oc2cccc(C=CC(=O)c3ccccc3)c2)cc1. The van der Waals surface area contributed by atoms with Crippen LogP contribution in [0.25, 0.3) is 6.08 Å². The van der Waals surface area contributed by atoms with E-state index in [0.717, 1.165) is 11.1 Å². The van der Waals surface area contributed by atoms with Gasteiger partial charge in [0.05, 0.1) is 5.56 Å². The number of allylic oxidation sites excluding steroid dienone is 1. The minimum atomic E-state index is -0.410. The predicted molar refractivity (Wildman–Crippen MR) is 116 cm³/mol. The molecule has 3 aromatic rings. The van der Waals surface area contributed by atoms with E-state index in [0.29, 0.717) is 16.9 Å². The number of ketones is 1. The zero-order chi connectivity index (χ0) is 20.9. The first-order chi connectivity index (χ1) is 13.8. The molecule has 0 radical (unpaired) electrons. The van der Waals surface area contributed by atoms with Gasteiger partial charge in [0.1, 0.15) is 5.75 Å². The third-order valence-corrected chi connectivity index (χ3v) is 4.54. The Bertz CT molecular complexity index is 1020. The standard InChI is InChI=1S/C26H24O3/c1-26(2,3)22-15-13-21(14-16-22)25(28)29-23-11-7-8-19(18-23)12-17-24(27)20-9-5-4-6-10-20/h4-18H,1-3H3. The number of hydrogen-bond acceptors (Lipinski definition) is 3. The average Bonchev–Trinajstić information content (AvgIpc) is 2.72. The number of hydrogen-bond donors (Lipinski definition) is 0. The first kappa shape index (κ1) is 20.3. The second kappa shape index (κ2) is 8.70. The molecule has 0 bridgehead atoms. The Morgan fingerprint density at radius 2 is 1.48 bits per heavy atom. The van der Waals surface area contributed by atoms with Gasteiger partial charge in [-0.2, -0.15) is 0 Å². The van der Waals surface area contributed by atoms with Crippen molar-refractivity contribution >= 4 is 17.8 Å². The van der Waals surface area contributed by atoms with Crippen molar-refractivity contribution < 1.29 is 14.3 Å². The molecule has 0 aliphatic heterocycles. The van der Waals surface area contributed by atoms with Gasteiger partial charge in [-0.25, -0.2) is 4.79 Å². The molecule has 0 spiro atoms. The molecule has 0 unspecified atom stereocenters. The van der Waals surface area contributed by atoms with Crippen LogP contribution < -0.4 is 4.74 Å². The fourth-order valence-electron chi connectivity index (χ4n) is 2.82. The topological polar surface area (TPSA) is 43.4 Å². The van der Waals surface area contributed by atoms with Crippen LogP contribution in [0, 0.1) is 0 Å². The van der Waals surface area contributed by atoms with Gasteiger partial charge in [0.25, 0.3) is 0 Å². The Kier molecular flexibility index (Phi) is 6.08. The summed E-state index contributed by atoms with van der Waals surface area (Å²) in [6.07, 6.45) is 3.23. The molecule has 0 aliphatic rings. The zero-order valence-electron chi connectivity index (χ0n) is 16.9. The summed E-state index contributed by atoms with van der Waals surface area (Å²) in [5.41, 5.74) is 3.09. The summed E-state index contributed by atoms with van der Waals surface area (Å²) in [5.74, 6) is -0.0527. The molecule has 0 aliphatic carbocycles. The lowest BCUT2D eigenvalue weighted by molar-refractivity contribution is 0.0734. The minimum Gasteiger partial charge on any atom is -0.423 e. The molecule has 3 heteroatoms. The van der Waals surface area contributed by atoms with Gasteiger partial charge in [-0.15, -0.1) is 0 Å². The highest BCUT2D eigenvalue weighted by Crippen LogP contribution is 2.23. The van der Waals surface area contributed by atoms with Crippen molar-refractivity contribution in [2.75, 3.05) is 0 Å². The summed E-state index contributed by atoms with van der Waals surface area (Å²) in [7, 11) is 0. The summed E-state index contributed by atoms with van der Waals surface area (Å²) >= 11 is 0. The maximum Gasteiger partial charge on any atom is 0.343 e. The highest BCUT2D eigenvalue weighted by molar-refractivity contribution is 6.06. The molecule has 0 amide bonds. The number of carbonyl (C=O) groups excluding carboxylic acids is 2. The van der Waals surface area contributed by atoms with Crippen LogP contribution in [0.2, 0.25) is 0 Å². The first-order valence-electron chi connectivity index (χ1n) is 9.53. The number of ether oxygens (including phenoxy) is 1. The van der Waals surface area contributed by atoms with Crippen LogP contribution in [0.4, 0.5) is 0 Å². The lowest BCUT2D eigenvalue weighted by atomic mass is 9.87. The second-order valence-corrected chi connectivity index (χ2v) is 7.85. The molecule has 0 N–H and O–H groups in total. The molecule has 0 heterocycles. The van der Waals surface area contributed by atoms with Gasteiger partial charge in [0.15, 0.2) is 5.78 Å². The van der Waals surface area contributed by atoms with Crippen molar-refractivity contribution in [3.05, 3.63) is 107 Å². The zero-order valence-corrected chi connectivity index (χ0v) is 16.9. The molecule has 146 valence electrons. The van der Waals surface area contributed by atoms with Crippen molar-refractivity contribution in [3.63, 3.8) is 0 Å². The predicted octanol–water partition coefficient (Wildman–Crippen LogP) is 6.10. The van der Waals surface area contributed by atoms with Crippen LogP contribution in [0.5, 0.6) is 5.75 Å². The summed E-state index contributed by atoms with van der Waals surface area (Å²) in [5, 5.41) is 0. The van der Waals surface area contributed by atoms with Gasteiger partial charge in [0.2, 0.25) is 0 Å². The molecular formula is C26H24O3. The van der Waals surface area contributed by atoms with Crippen LogP contribution >= 0.6 is 0 Å². The van der Waals surface area contributed by atoms with Gasteiger partial charge in [-0.3, -0.25) is 4.79 Å². The molecule has 3 aromatic carbocycles. The number of esters is 1. The summed E-state index contributed by atoms with van der Waals surface area (Å²) < 4.78 is 5.50. The molecule has 0 atom stereocenters. The third kappa shape index (κ3) is 5.52. The Balaban J connectivity index is 1.69. The van der Waals surface area contributed by atoms with E-state index in [9.17, 15) is 9.59 Å². The third-order valence-electron chi connectivity index (χ3n) is 4.54. The Labute approximate surface area is 171 Å². The van der Waals surface area contributed by atoms with Gasteiger partial charge in [-0.1, -0.05) is 81.4 Å². The van der Waals surface area contributed by atoms with Crippen LogP contribution in [0.15, 0.2) is 84.9 Å². The molecule has 0 saturated carbocycles. The summed E-state index contributed by atoms with van der Waals surface area (Å²) in [6.45, 7) is 6.38. The van der Waals surface area contributed by atoms with Gasteiger partial charge < -0.3 is 4.74 Å². The van der Waals surface area contributed by atoms with Crippen LogP contribution in [-0.2, 0) is 5.41 Å². The molecular weight excluding hydrogens is 360 g/mol. The van der Waals surface area contributed by atoms with Crippen molar-refractivity contribution in [1.82, 2.24) is 0 Å². The molecule has 0 fully saturated rings. The van der Waals surface area contributed by atoms with E-state index >= 15 is 0 Å². The Morgan fingerprint density at radius 1 is 0.793 bits per heavy atom. The fourth-order valence-corrected chi connectivity index (χ4v) is 2.82. The van der Waals surface area contributed by atoms with Crippen molar-refractivity contribution in [2.45, 2.75) is 26.2 Å². The van der Waals surface area contributed by atoms with Gasteiger partial charge >= 0.3 is 5.97 Å². The van der Waals surface area contributed by atoms with E-state index in [1.54, 1.807) is 48.5 Å². The smallest absolute Gasteiger partial charge is 0.343 e. The van der Waals surface area contributed by atoms with E-state index in [1.807, 2.05) is 36.4 Å². The van der Waals surface area contributed by atoms with Crippen LogP contribution in [0.3, 0.4) is 0 Å². The molecule has 0 saturated heterocycles. The summed E-state index contributed by atoms with van der Waals surface area (Å²) in [4.78, 5) is 24.6. The van der Waals surface area contributed by atoms with Crippen molar-refractivity contribution in [3.8, 4) is 5.75 Å². The highest BCUT2D eigenvalue weighted by atomic mass is 16.5. The fraction of sp³-hybridized carbons (Fsp3) is 0.154. The largest absolute Gasteiger partial charge is 0.423 e. The minimum absolute atomic E-state index is 0.0281. The van der Waals surface area contributed by atoms with Gasteiger partial charge in [-0.05, 0) is 46.9 Å². The molecule has 3 nitrogen and oxygen atoms in total. The Hall–Kier alpha value is -3.46. The van der Waals surface area contributed by atoms with Crippen molar-refractivity contribution in [2.24, 2.45) is 0 Å². The maximum atomic E-state index is 12.4. The van der Waals surface area contributed by atoms with Crippen LogP contribution in [-0.4, -0.2) is 11.8 Å². The van der Waals surface area contributed by atoms with E-state index in [1.165, 1.54) is 6.08 Å². The molecule has 3 rings (SSSR count). The average molecular weight is 384 g/mol. The van der Waals surface area contributed by atoms with Gasteiger partial charge in [0, 0.05) is 5.56 Å². The van der Waals surface area contributed by atoms with E-state index in [2.05, 4.69) is 20.8 Å². The molecule has 29 heavy (non-hydrogen) atoms. The van der Waals surface area contributed by atoms with E-state index in [-0.39, 0.29) is 11.2 Å². The summed E-state index contributed by atoms with van der Waals surface area (Å²) in [6, 6.07) is 23.6. The second-order valence-electron chi connectivity index (χ2n) is 7.85. The number of benzene rings is 3. The monoisotopic (exact) mass is 384 g/mol. The maximum absolute atomic E-state index is 12.4. The number of carbonyl (C=O) groups is 2. The Morgan fingerprint density at radius 3 is 2.14 bits per heavy atom.